The molecule has 1 heterocycles. The van der Waals surface area contributed by atoms with Crippen LogP contribution in [0.5, 0.6) is 5.75 Å². The molecule has 18 heavy (non-hydrogen) atoms. The van der Waals surface area contributed by atoms with Crippen molar-refractivity contribution in [2.24, 2.45) is 5.92 Å². The fourth-order valence-electron chi connectivity index (χ4n) is 2.97. The van der Waals surface area contributed by atoms with Crippen molar-refractivity contribution in [1.82, 2.24) is 5.32 Å². The Kier molecular flexibility index (Phi) is 2.86. The van der Waals surface area contributed by atoms with E-state index in [1.165, 1.54) is 24.0 Å². The van der Waals surface area contributed by atoms with Gasteiger partial charge < -0.3 is 10.1 Å². The maximum atomic E-state index is 5.90. The highest BCUT2D eigenvalue weighted by atomic mass is 16.5. The van der Waals surface area contributed by atoms with Crippen LogP contribution in [0.4, 0.5) is 0 Å². The lowest BCUT2D eigenvalue weighted by Gasteiger charge is -2.16. The third kappa shape index (κ3) is 2.39. The van der Waals surface area contributed by atoms with Gasteiger partial charge in [-0.25, -0.2) is 0 Å². The number of nitrogens with one attached hydrogen (secondary N) is 1. The highest BCUT2D eigenvalue weighted by Crippen LogP contribution is 2.36. The molecule has 2 nitrogen and oxygen atoms in total. The van der Waals surface area contributed by atoms with Crippen LogP contribution in [0.2, 0.25) is 0 Å². The summed E-state index contributed by atoms with van der Waals surface area (Å²) in [5.74, 6) is 1.99. The number of benzene rings is 1. The van der Waals surface area contributed by atoms with Crippen LogP contribution in [0.25, 0.3) is 0 Å². The zero-order chi connectivity index (χ0) is 12.8. The first-order valence-corrected chi connectivity index (χ1v) is 7.11. The van der Waals surface area contributed by atoms with Gasteiger partial charge in [0.15, 0.2) is 0 Å². The van der Waals surface area contributed by atoms with Crippen molar-refractivity contribution in [1.29, 1.82) is 0 Å². The SMILES string of the molecule is CCC1CC1NCc1ccc2c(c1)CC(C)(C)O2. The van der Waals surface area contributed by atoms with Crippen LogP contribution in [0, 0.1) is 5.92 Å². The predicted octanol–water partition coefficient (Wildman–Crippen LogP) is 3.29. The van der Waals surface area contributed by atoms with Crippen molar-refractivity contribution < 1.29 is 4.74 Å². The van der Waals surface area contributed by atoms with Crippen LogP contribution in [0.15, 0.2) is 18.2 Å². The van der Waals surface area contributed by atoms with E-state index in [1.807, 2.05) is 0 Å². The van der Waals surface area contributed by atoms with E-state index in [0.29, 0.717) is 0 Å². The highest BCUT2D eigenvalue weighted by molar-refractivity contribution is 5.41. The monoisotopic (exact) mass is 245 g/mol. The maximum Gasteiger partial charge on any atom is 0.123 e. The van der Waals surface area contributed by atoms with Crippen molar-refractivity contribution >= 4 is 0 Å². The molecular formula is C16H23NO. The molecule has 0 aromatic heterocycles. The molecule has 98 valence electrons. The van der Waals surface area contributed by atoms with E-state index in [0.717, 1.165) is 30.7 Å². The smallest absolute Gasteiger partial charge is 0.123 e. The molecule has 2 unspecified atom stereocenters. The van der Waals surface area contributed by atoms with Gasteiger partial charge in [0, 0.05) is 19.0 Å². The van der Waals surface area contributed by atoms with Crippen molar-refractivity contribution in [2.45, 2.75) is 58.2 Å². The Hall–Kier alpha value is -1.02. The second-order valence-electron chi connectivity index (χ2n) is 6.37. The molecule has 2 atom stereocenters. The quantitative estimate of drug-likeness (QED) is 0.879. The van der Waals surface area contributed by atoms with Crippen molar-refractivity contribution in [3.05, 3.63) is 29.3 Å². The zero-order valence-corrected chi connectivity index (χ0v) is 11.6. The predicted molar refractivity (Wildman–Crippen MR) is 73.9 cm³/mol. The molecule has 1 N–H and O–H groups in total. The molecular weight excluding hydrogens is 222 g/mol. The van der Waals surface area contributed by atoms with Gasteiger partial charge >= 0.3 is 0 Å². The molecule has 0 bridgehead atoms. The van der Waals surface area contributed by atoms with E-state index in [9.17, 15) is 0 Å². The average molecular weight is 245 g/mol. The summed E-state index contributed by atoms with van der Waals surface area (Å²) >= 11 is 0. The first-order chi connectivity index (χ1) is 8.57. The van der Waals surface area contributed by atoms with Gasteiger partial charge in [0.2, 0.25) is 0 Å². The Balaban J connectivity index is 1.62. The third-order valence-electron chi connectivity index (χ3n) is 4.14. The zero-order valence-electron chi connectivity index (χ0n) is 11.6. The fourth-order valence-corrected chi connectivity index (χ4v) is 2.97. The van der Waals surface area contributed by atoms with Gasteiger partial charge in [0.05, 0.1) is 0 Å². The fraction of sp³-hybridized carbons (Fsp3) is 0.625. The van der Waals surface area contributed by atoms with Crippen LogP contribution in [-0.2, 0) is 13.0 Å². The average Bonchev–Trinajstić information content (AvgIpc) is 3.00. The minimum Gasteiger partial charge on any atom is -0.487 e. The Bertz CT molecular complexity index is 452. The minimum atomic E-state index is -0.0296. The number of hydrogen-bond acceptors (Lipinski definition) is 2. The highest BCUT2D eigenvalue weighted by Gasteiger charge is 2.34. The molecule has 0 radical (unpaired) electrons. The molecule has 0 spiro atoms. The Morgan fingerprint density at radius 1 is 1.39 bits per heavy atom. The van der Waals surface area contributed by atoms with Crippen molar-refractivity contribution in [2.75, 3.05) is 0 Å². The summed E-state index contributed by atoms with van der Waals surface area (Å²) < 4.78 is 5.90. The summed E-state index contributed by atoms with van der Waals surface area (Å²) in [5.41, 5.74) is 2.72. The summed E-state index contributed by atoms with van der Waals surface area (Å²) in [7, 11) is 0. The molecule has 2 heteroatoms. The molecule has 2 aliphatic rings. The van der Waals surface area contributed by atoms with Crippen molar-refractivity contribution in [3.8, 4) is 5.75 Å². The topological polar surface area (TPSA) is 21.3 Å². The van der Waals surface area contributed by atoms with Gasteiger partial charge in [-0.05, 0) is 43.4 Å². The first-order valence-electron chi connectivity index (χ1n) is 7.11. The largest absolute Gasteiger partial charge is 0.487 e. The Morgan fingerprint density at radius 3 is 2.94 bits per heavy atom. The van der Waals surface area contributed by atoms with Crippen LogP contribution in [-0.4, -0.2) is 11.6 Å². The van der Waals surface area contributed by atoms with Gasteiger partial charge in [-0.1, -0.05) is 25.5 Å². The summed E-state index contributed by atoms with van der Waals surface area (Å²) in [5, 5.41) is 3.64. The second kappa shape index (κ2) is 4.27. The van der Waals surface area contributed by atoms with Gasteiger partial charge in [0.1, 0.15) is 11.4 Å². The summed E-state index contributed by atoms with van der Waals surface area (Å²) in [6.07, 6.45) is 3.69. The Labute approximate surface area is 110 Å². The van der Waals surface area contributed by atoms with Crippen LogP contribution in [0.3, 0.4) is 0 Å². The van der Waals surface area contributed by atoms with E-state index >= 15 is 0 Å². The van der Waals surface area contributed by atoms with Gasteiger partial charge in [-0.2, -0.15) is 0 Å². The molecule has 1 aromatic carbocycles. The minimum absolute atomic E-state index is 0.0296. The normalized spacial score (nSPS) is 27.7. The summed E-state index contributed by atoms with van der Waals surface area (Å²) in [6.45, 7) is 7.58. The molecule has 1 saturated carbocycles. The van der Waals surface area contributed by atoms with Gasteiger partial charge in [0.25, 0.3) is 0 Å². The lowest BCUT2D eigenvalue weighted by atomic mass is 10.0. The molecule has 0 saturated heterocycles. The van der Waals surface area contributed by atoms with Gasteiger partial charge in [-0.3, -0.25) is 0 Å². The summed E-state index contributed by atoms with van der Waals surface area (Å²) in [6, 6.07) is 7.39. The van der Waals surface area contributed by atoms with E-state index in [2.05, 4.69) is 44.3 Å². The van der Waals surface area contributed by atoms with Gasteiger partial charge in [-0.15, -0.1) is 0 Å². The first kappa shape index (κ1) is 12.0. The van der Waals surface area contributed by atoms with Crippen LogP contribution >= 0.6 is 0 Å². The Morgan fingerprint density at radius 2 is 2.22 bits per heavy atom. The number of fused-ring (bicyclic) bond motifs is 1. The molecule has 1 aliphatic carbocycles. The van der Waals surface area contributed by atoms with E-state index in [4.69, 9.17) is 4.74 Å². The molecule has 1 aromatic rings. The maximum absolute atomic E-state index is 5.90. The number of ether oxygens (including phenoxy) is 1. The number of hydrogen-bond donors (Lipinski definition) is 1. The lowest BCUT2D eigenvalue weighted by Crippen LogP contribution is -2.24. The van der Waals surface area contributed by atoms with E-state index in [-0.39, 0.29) is 5.60 Å². The van der Waals surface area contributed by atoms with E-state index in [1.54, 1.807) is 0 Å². The molecule has 0 amide bonds. The van der Waals surface area contributed by atoms with Crippen molar-refractivity contribution in [3.63, 3.8) is 0 Å². The molecule has 1 aliphatic heterocycles. The van der Waals surface area contributed by atoms with E-state index < -0.39 is 0 Å². The lowest BCUT2D eigenvalue weighted by molar-refractivity contribution is 0.138. The van der Waals surface area contributed by atoms with Crippen LogP contribution < -0.4 is 10.1 Å². The van der Waals surface area contributed by atoms with Crippen LogP contribution in [0.1, 0.15) is 44.7 Å². The second-order valence-corrected chi connectivity index (χ2v) is 6.37. The third-order valence-corrected chi connectivity index (χ3v) is 4.14. The molecule has 1 fully saturated rings. The standard InChI is InChI=1S/C16H23NO/c1-4-12-8-14(12)17-10-11-5-6-15-13(7-11)9-16(2,3)18-15/h5-7,12,14,17H,4,8-10H2,1-3H3. The summed E-state index contributed by atoms with van der Waals surface area (Å²) in [4.78, 5) is 0. The molecule has 3 rings (SSSR count). The number of rotatable bonds is 4.